The van der Waals surface area contributed by atoms with Crippen LogP contribution in [-0.4, -0.2) is 26.5 Å². The molecule has 9 heteroatoms. The van der Waals surface area contributed by atoms with Gasteiger partial charge < -0.3 is 5.32 Å². The first kappa shape index (κ1) is 20.3. The van der Waals surface area contributed by atoms with Crippen molar-refractivity contribution in [1.29, 1.82) is 0 Å². The quantitative estimate of drug-likeness (QED) is 0.197. The summed E-state index contributed by atoms with van der Waals surface area (Å²) in [6.45, 7) is 0. The van der Waals surface area contributed by atoms with Gasteiger partial charge in [0.25, 0.3) is 5.91 Å². The number of urea groups is 1. The number of carbonyl (C=O) groups is 2. The third-order valence-electron chi connectivity index (χ3n) is 4.84. The number of hydrogen-bond donors (Lipinski definition) is 2. The number of nitrogens with one attached hydrogen (secondary N) is 2. The first-order valence-corrected chi connectivity index (χ1v) is 11.1. The maximum Gasteiger partial charge on any atom is 0.326 e. The number of thioether (sulfide) groups is 1. The number of carbonyl (C=O) groups excluding carboxylic acids is 2. The molecule has 0 spiro atoms. The molecule has 3 amide bonds. The summed E-state index contributed by atoms with van der Waals surface area (Å²) in [5.74, 6) is 0.267. The summed E-state index contributed by atoms with van der Waals surface area (Å²) in [6.07, 6.45) is 3.20. The molecule has 1 aliphatic rings. The molecular weight excluding hydrogens is 446 g/mol. The van der Waals surface area contributed by atoms with Crippen LogP contribution in [0.15, 0.2) is 77.6 Å². The third-order valence-corrected chi connectivity index (χ3v) is 6.14. The lowest BCUT2D eigenvalue weighted by Gasteiger charge is -2.09. The Hall–Kier alpha value is -3.62. The van der Waals surface area contributed by atoms with Gasteiger partial charge in [-0.05, 0) is 29.8 Å². The minimum Gasteiger partial charge on any atom is -0.303 e. The van der Waals surface area contributed by atoms with E-state index in [1.807, 2.05) is 48.5 Å². The molecule has 0 bridgehead atoms. The first-order chi connectivity index (χ1) is 15.6. The molecular formula is C23H16ClN5O2S. The van der Waals surface area contributed by atoms with Crippen molar-refractivity contribution in [2.75, 3.05) is 0 Å². The summed E-state index contributed by atoms with van der Waals surface area (Å²) in [4.78, 5) is 28.2. The van der Waals surface area contributed by atoms with Crippen molar-refractivity contribution >= 4 is 47.0 Å². The third kappa shape index (κ3) is 4.10. The molecule has 0 radical (unpaired) electrons. The normalized spacial score (nSPS) is 14.7. The number of halogens is 1. The Morgan fingerprint density at radius 2 is 1.88 bits per heavy atom. The summed E-state index contributed by atoms with van der Waals surface area (Å²) in [5.41, 5.74) is 4.12. The van der Waals surface area contributed by atoms with Crippen LogP contribution in [0.4, 0.5) is 4.79 Å². The van der Waals surface area contributed by atoms with Gasteiger partial charge in [-0.25, -0.2) is 14.3 Å². The van der Waals surface area contributed by atoms with E-state index in [0.717, 1.165) is 22.0 Å². The van der Waals surface area contributed by atoms with Crippen molar-refractivity contribution in [2.24, 2.45) is 0 Å². The molecule has 4 aromatic rings. The molecule has 0 atom stereocenters. The van der Waals surface area contributed by atoms with E-state index >= 15 is 0 Å². The second kappa shape index (κ2) is 8.49. The number of amides is 3. The summed E-state index contributed by atoms with van der Waals surface area (Å²) in [5, 5.41) is 10.7. The molecule has 2 aromatic carbocycles. The summed E-state index contributed by atoms with van der Waals surface area (Å²) >= 11 is 7.83. The summed E-state index contributed by atoms with van der Waals surface area (Å²) < 4.78 is 1.74. The Kier molecular flexibility index (Phi) is 5.38. The number of imide groups is 1. The zero-order valence-corrected chi connectivity index (χ0v) is 18.2. The van der Waals surface area contributed by atoms with Crippen LogP contribution in [0.3, 0.4) is 0 Å². The second-order valence-electron chi connectivity index (χ2n) is 7.07. The lowest BCUT2D eigenvalue weighted by molar-refractivity contribution is -0.115. The minimum atomic E-state index is -0.551. The van der Waals surface area contributed by atoms with E-state index in [0.29, 0.717) is 16.2 Å². The molecule has 0 unspecified atom stereocenters. The number of aromatic nitrogens is 3. The fraction of sp³-hybridized carbons (Fsp3) is 0.0435. The Morgan fingerprint density at radius 3 is 2.62 bits per heavy atom. The summed E-state index contributed by atoms with van der Waals surface area (Å²) in [6, 6.07) is 19.0. The van der Waals surface area contributed by atoms with Crippen molar-refractivity contribution in [3.05, 3.63) is 88.7 Å². The molecule has 2 aromatic heterocycles. The Balaban J connectivity index is 1.61. The van der Waals surface area contributed by atoms with Crippen LogP contribution >= 0.6 is 23.4 Å². The van der Waals surface area contributed by atoms with Gasteiger partial charge in [0.15, 0.2) is 5.65 Å². The Bertz CT molecular complexity index is 1380. The molecule has 5 rings (SSSR count). The van der Waals surface area contributed by atoms with E-state index in [1.54, 1.807) is 28.6 Å². The number of hydrogen-bond acceptors (Lipinski definition) is 5. The zero-order valence-electron chi connectivity index (χ0n) is 16.6. The fourth-order valence-electron chi connectivity index (χ4n) is 3.32. The molecule has 1 aliphatic heterocycles. The predicted molar refractivity (Wildman–Crippen MR) is 124 cm³/mol. The Morgan fingerprint density at radius 1 is 1.03 bits per heavy atom. The minimum absolute atomic E-state index is 0.151. The van der Waals surface area contributed by atoms with Gasteiger partial charge in [0.2, 0.25) is 0 Å². The first-order valence-electron chi connectivity index (χ1n) is 9.72. The molecule has 158 valence electrons. The van der Waals surface area contributed by atoms with Gasteiger partial charge in [-0.1, -0.05) is 54.1 Å². The average molecular weight is 462 g/mol. The molecule has 0 saturated carbocycles. The highest BCUT2D eigenvalue weighted by atomic mass is 35.5. The van der Waals surface area contributed by atoms with E-state index in [2.05, 4.69) is 27.9 Å². The lowest BCUT2D eigenvalue weighted by atomic mass is 10.1. The van der Waals surface area contributed by atoms with Crippen LogP contribution in [0.5, 0.6) is 0 Å². The smallest absolute Gasteiger partial charge is 0.303 e. The van der Waals surface area contributed by atoms with E-state index in [1.165, 1.54) is 5.56 Å². The maximum absolute atomic E-state index is 12.0. The fourth-order valence-corrected chi connectivity index (χ4v) is 4.47. The van der Waals surface area contributed by atoms with Gasteiger partial charge >= 0.3 is 6.03 Å². The van der Waals surface area contributed by atoms with Gasteiger partial charge in [0, 0.05) is 21.9 Å². The van der Waals surface area contributed by atoms with Gasteiger partial charge in [-0.15, -0.1) is 11.8 Å². The van der Waals surface area contributed by atoms with Crippen LogP contribution < -0.4 is 10.6 Å². The van der Waals surface area contributed by atoms with E-state index < -0.39 is 11.9 Å². The number of nitrogens with zero attached hydrogens (tertiary/aromatic N) is 3. The Labute approximate surface area is 192 Å². The van der Waals surface area contributed by atoms with Crippen LogP contribution in [0, 0.1) is 0 Å². The van der Waals surface area contributed by atoms with Crippen molar-refractivity contribution in [1.82, 2.24) is 25.2 Å². The zero-order chi connectivity index (χ0) is 22.1. The predicted octanol–water partition coefficient (Wildman–Crippen LogP) is 4.52. The molecule has 3 heterocycles. The van der Waals surface area contributed by atoms with E-state index in [9.17, 15) is 9.59 Å². The molecule has 1 saturated heterocycles. The lowest BCUT2D eigenvalue weighted by Crippen LogP contribution is -2.22. The van der Waals surface area contributed by atoms with Crippen molar-refractivity contribution in [3.8, 4) is 11.3 Å². The average Bonchev–Trinajstić information content (AvgIpc) is 3.35. The molecule has 7 nitrogen and oxygen atoms in total. The van der Waals surface area contributed by atoms with Crippen LogP contribution in [0.1, 0.15) is 11.1 Å². The molecule has 32 heavy (non-hydrogen) atoms. The summed E-state index contributed by atoms with van der Waals surface area (Å²) in [7, 11) is 0. The van der Waals surface area contributed by atoms with Crippen LogP contribution in [0.25, 0.3) is 23.0 Å². The second-order valence-corrected chi connectivity index (χ2v) is 8.50. The van der Waals surface area contributed by atoms with Crippen LogP contribution in [0.2, 0.25) is 5.02 Å². The highest BCUT2D eigenvalue weighted by Gasteiger charge is 2.24. The topological polar surface area (TPSA) is 88.4 Å². The number of fused-ring (bicyclic) bond motifs is 1. The molecule has 2 N–H and O–H groups in total. The standard InChI is InChI=1S/C23H16ClN5O2S/c24-17-8-4-7-15(9-17)18-11-20(32-13-14-5-2-1-3-6-14)29-21(26-18)16(12-25-29)10-19-22(30)28-23(31)27-19/h1-12H,13H2,(H2,27,28,30,31)/b19-10-. The SMILES string of the molecule is O=C1NC(=O)/C(=C/c2cnn3c(SCc4ccccc4)cc(-c4cccc(Cl)c4)nc23)N1. The van der Waals surface area contributed by atoms with Gasteiger partial charge in [-0.3, -0.25) is 10.1 Å². The number of benzene rings is 2. The monoisotopic (exact) mass is 461 g/mol. The molecule has 1 fully saturated rings. The van der Waals surface area contributed by atoms with Crippen molar-refractivity contribution in [2.45, 2.75) is 10.8 Å². The maximum atomic E-state index is 12.0. The molecule has 0 aliphatic carbocycles. The van der Waals surface area contributed by atoms with Gasteiger partial charge in [-0.2, -0.15) is 5.10 Å². The highest BCUT2D eigenvalue weighted by Crippen LogP contribution is 2.30. The van der Waals surface area contributed by atoms with Crippen molar-refractivity contribution < 1.29 is 9.59 Å². The van der Waals surface area contributed by atoms with E-state index in [-0.39, 0.29) is 5.70 Å². The highest BCUT2D eigenvalue weighted by molar-refractivity contribution is 7.98. The van der Waals surface area contributed by atoms with Gasteiger partial charge in [0.1, 0.15) is 10.7 Å². The number of rotatable bonds is 5. The van der Waals surface area contributed by atoms with Crippen LogP contribution in [-0.2, 0) is 10.5 Å². The van der Waals surface area contributed by atoms with Crippen molar-refractivity contribution in [3.63, 3.8) is 0 Å². The largest absolute Gasteiger partial charge is 0.326 e. The van der Waals surface area contributed by atoms with Gasteiger partial charge in [0.05, 0.1) is 11.9 Å². The van der Waals surface area contributed by atoms with E-state index in [4.69, 9.17) is 16.6 Å².